The van der Waals surface area contributed by atoms with Crippen LogP contribution in [0.2, 0.25) is 0 Å². The maximum atomic E-state index is 5.45. The third-order valence-corrected chi connectivity index (χ3v) is 3.14. The number of hydrogen-bond acceptors (Lipinski definition) is 6. The first-order chi connectivity index (χ1) is 12.4. The van der Waals surface area contributed by atoms with Gasteiger partial charge in [-0.3, -0.25) is 30.7 Å². The molecule has 0 heterocycles. The normalized spacial score (nSPS) is 10.1. The van der Waals surface area contributed by atoms with Crippen LogP contribution in [0.5, 0.6) is 0 Å². The van der Waals surface area contributed by atoms with E-state index in [9.17, 15) is 0 Å². The van der Waals surface area contributed by atoms with Crippen LogP contribution in [0.3, 0.4) is 0 Å². The molecular weight excluding hydrogens is 317 g/mol. The maximum Gasteiger partial charge on any atom is 0.707 e. The summed E-state index contributed by atoms with van der Waals surface area (Å²) >= 11 is 0. The van der Waals surface area contributed by atoms with Gasteiger partial charge in [0, 0.05) is 0 Å². The Morgan fingerprint density at radius 1 is 0.440 bits per heavy atom. The Bertz CT molecular complexity index is 629. The standard InChI is InChI=1S/C18H18BN3O3/c1-4-10-16(11-5-1)20-23-19(24-21-17-12-6-2-7-13-17)25-22-18-14-8-3-9-15-18/h1-15,20-22H. The zero-order chi connectivity index (χ0) is 17.2. The van der Waals surface area contributed by atoms with E-state index in [2.05, 4.69) is 16.4 Å². The summed E-state index contributed by atoms with van der Waals surface area (Å²) in [6.07, 6.45) is 0. The highest BCUT2D eigenvalue weighted by Gasteiger charge is 2.24. The smallest absolute Gasteiger partial charge is 0.278 e. The summed E-state index contributed by atoms with van der Waals surface area (Å²) in [5, 5.41) is 0. The molecule has 0 fully saturated rings. The Morgan fingerprint density at radius 2 is 0.720 bits per heavy atom. The van der Waals surface area contributed by atoms with Crippen LogP contribution < -0.4 is 16.4 Å². The second kappa shape index (κ2) is 9.34. The van der Waals surface area contributed by atoms with E-state index in [0.29, 0.717) is 0 Å². The Hall–Kier alpha value is -3.00. The van der Waals surface area contributed by atoms with Gasteiger partial charge in [0.2, 0.25) is 0 Å². The fraction of sp³-hybridized carbons (Fsp3) is 0. The van der Waals surface area contributed by atoms with Gasteiger partial charge in [-0.1, -0.05) is 54.6 Å². The number of para-hydroxylation sites is 3. The topological polar surface area (TPSA) is 63.8 Å². The predicted octanol–water partition coefficient (Wildman–Crippen LogP) is 4.10. The van der Waals surface area contributed by atoms with Gasteiger partial charge in [-0.05, 0) is 36.4 Å². The van der Waals surface area contributed by atoms with Gasteiger partial charge in [0.15, 0.2) is 0 Å². The highest BCUT2D eigenvalue weighted by molar-refractivity contribution is 6.36. The van der Waals surface area contributed by atoms with Gasteiger partial charge < -0.3 is 0 Å². The minimum atomic E-state index is -1.05. The molecule has 3 N–H and O–H groups in total. The van der Waals surface area contributed by atoms with Crippen molar-refractivity contribution in [2.75, 3.05) is 16.4 Å². The number of anilines is 3. The second-order valence-electron chi connectivity index (χ2n) is 5.05. The average molecular weight is 335 g/mol. The Morgan fingerprint density at radius 3 is 1.00 bits per heavy atom. The lowest BCUT2D eigenvalue weighted by atomic mass is 10.2. The fourth-order valence-corrected chi connectivity index (χ4v) is 1.94. The molecular formula is C18H18BN3O3. The van der Waals surface area contributed by atoms with E-state index in [1.165, 1.54) is 0 Å². The molecule has 0 atom stereocenters. The predicted molar refractivity (Wildman–Crippen MR) is 99.2 cm³/mol. The maximum absolute atomic E-state index is 5.45. The van der Waals surface area contributed by atoms with E-state index < -0.39 is 7.32 Å². The van der Waals surface area contributed by atoms with Crippen LogP contribution in [-0.2, 0) is 14.3 Å². The molecule has 0 saturated carbocycles. The second-order valence-corrected chi connectivity index (χ2v) is 5.05. The van der Waals surface area contributed by atoms with Crippen LogP contribution in [0.25, 0.3) is 0 Å². The van der Waals surface area contributed by atoms with E-state index in [1.54, 1.807) is 0 Å². The van der Waals surface area contributed by atoms with E-state index in [0.717, 1.165) is 17.1 Å². The van der Waals surface area contributed by atoms with E-state index in [-0.39, 0.29) is 0 Å². The van der Waals surface area contributed by atoms with Gasteiger partial charge in [0.1, 0.15) is 0 Å². The molecule has 0 radical (unpaired) electrons. The first-order valence-corrected chi connectivity index (χ1v) is 7.80. The fourth-order valence-electron chi connectivity index (χ4n) is 1.94. The van der Waals surface area contributed by atoms with Gasteiger partial charge in [-0.25, -0.2) is 0 Å². The molecule has 0 unspecified atom stereocenters. The van der Waals surface area contributed by atoms with Crippen molar-refractivity contribution in [3.05, 3.63) is 91.0 Å². The molecule has 126 valence electrons. The third kappa shape index (κ3) is 5.85. The van der Waals surface area contributed by atoms with Crippen molar-refractivity contribution >= 4 is 24.4 Å². The molecule has 0 saturated heterocycles. The van der Waals surface area contributed by atoms with Crippen molar-refractivity contribution in [3.8, 4) is 0 Å². The molecule has 6 nitrogen and oxygen atoms in total. The zero-order valence-electron chi connectivity index (χ0n) is 13.5. The zero-order valence-corrected chi connectivity index (χ0v) is 13.5. The SMILES string of the molecule is c1ccc(NOB(ONc2ccccc2)ONc2ccccc2)cc1. The van der Waals surface area contributed by atoms with Crippen LogP contribution in [0.4, 0.5) is 17.1 Å². The Kier molecular flexibility index (Phi) is 6.29. The number of benzene rings is 3. The number of hydrogen-bond donors (Lipinski definition) is 3. The molecule has 0 amide bonds. The molecule has 3 aromatic carbocycles. The summed E-state index contributed by atoms with van der Waals surface area (Å²) in [5.41, 5.74) is 10.7. The van der Waals surface area contributed by atoms with Crippen LogP contribution in [0.15, 0.2) is 91.0 Å². The summed E-state index contributed by atoms with van der Waals surface area (Å²) in [6, 6.07) is 28.3. The quantitative estimate of drug-likeness (QED) is 0.404. The Balaban J connectivity index is 1.56. The van der Waals surface area contributed by atoms with Crippen molar-refractivity contribution in [2.24, 2.45) is 0 Å². The lowest BCUT2D eigenvalue weighted by Crippen LogP contribution is -2.34. The molecule has 0 bridgehead atoms. The molecule has 0 aliphatic rings. The van der Waals surface area contributed by atoms with Crippen molar-refractivity contribution in [2.45, 2.75) is 0 Å². The van der Waals surface area contributed by atoms with Gasteiger partial charge in [0.05, 0.1) is 17.1 Å². The van der Waals surface area contributed by atoms with Gasteiger partial charge >= 0.3 is 7.32 Å². The highest BCUT2D eigenvalue weighted by Crippen LogP contribution is 2.10. The van der Waals surface area contributed by atoms with Crippen molar-refractivity contribution in [1.29, 1.82) is 0 Å². The van der Waals surface area contributed by atoms with Crippen molar-refractivity contribution < 1.29 is 14.3 Å². The monoisotopic (exact) mass is 335 g/mol. The lowest BCUT2D eigenvalue weighted by Gasteiger charge is -2.16. The van der Waals surface area contributed by atoms with Crippen LogP contribution in [0.1, 0.15) is 0 Å². The molecule has 7 heteroatoms. The van der Waals surface area contributed by atoms with Gasteiger partial charge in [-0.2, -0.15) is 0 Å². The lowest BCUT2D eigenvalue weighted by molar-refractivity contribution is 0.158. The minimum Gasteiger partial charge on any atom is -0.278 e. The van der Waals surface area contributed by atoms with Crippen LogP contribution >= 0.6 is 0 Å². The summed E-state index contributed by atoms with van der Waals surface area (Å²) < 4.78 is 16.4. The molecule has 0 aliphatic heterocycles. The molecule has 0 aromatic heterocycles. The molecule has 0 spiro atoms. The molecule has 25 heavy (non-hydrogen) atoms. The summed E-state index contributed by atoms with van der Waals surface area (Å²) in [6.45, 7) is 0. The first-order valence-electron chi connectivity index (χ1n) is 7.80. The third-order valence-electron chi connectivity index (χ3n) is 3.14. The highest BCUT2D eigenvalue weighted by atomic mass is 16.9. The molecule has 3 aromatic rings. The summed E-state index contributed by atoms with van der Waals surface area (Å²) in [4.78, 5) is 0. The van der Waals surface area contributed by atoms with Crippen molar-refractivity contribution in [3.63, 3.8) is 0 Å². The Labute approximate surface area is 146 Å². The van der Waals surface area contributed by atoms with Crippen molar-refractivity contribution in [1.82, 2.24) is 0 Å². The van der Waals surface area contributed by atoms with Crippen LogP contribution in [0, 0.1) is 0 Å². The molecule has 0 aliphatic carbocycles. The van der Waals surface area contributed by atoms with Crippen LogP contribution in [-0.4, -0.2) is 7.32 Å². The van der Waals surface area contributed by atoms with E-state index in [1.807, 2.05) is 91.0 Å². The van der Waals surface area contributed by atoms with Gasteiger partial charge in [-0.15, -0.1) is 0 Å². The molecule has 3 rings (SSSR count). The average Bonchev–Trinajstić information content (AvgIpc) is 2.70. The van der Waals surface area contributed by atoms with E-state index in [4.69, 9.17) is 14.3 Å². The van der Waals surface area contributed by atoms with E-state index >= 15 is 0 Å². The largest absolute Gasteiger partial charge is 0.707 e. The first kappa shape index (κ1) is 16.8. The van der Waals surface area contributed by atoms with Gasteiger partial charge in [0.25, 0.3) is 0 Å². The summed E-state index contributed by atoms with van der Waals surface area (Å²) in [7, 11) is -1.05. The minimum absolute atomic E-state index is 0.777. The number of rotatable bonds is 9. The number of nitrogens with one attached hydrogen (secondary N) is 3. The summed E-state index contributed by atoms with van der Waals surface area (Å²) in [5.74, 6) is 0.